The van der Waals surface area contributed by atoms with Crippen molar-refractivity contribution >= 4 is 57.3 Å². The lowest BCUT2D eigenvalue weighted by Gasteiger charge is -2.16. The maximum atomic E-state index is 10.8. The molecule has 0 N–H and O–H groups in total. The van der Waals surface area contributed by atoms with Crippen LogP contribution in [0.5, 0.6) is 0 Å². The van der Waals surface area contributed by atoms with Crippen LogP contribution >= 0.6 is 36.2 Å². The van der Waals surface area contributed by atoms with Gasteiger partial charge in [0.05, 0.1) is 9.83 Å². The minimum atomic E-state index is -0.424. The maximum absolute atomic E-state index is 10.8. The molecular weight excluding hydrogens is 436 g/mol. The molecule has 3 aromatic rings. The van der Waals surface area contributed by atoms with Gasteiger partial charge in [-0.05, 0) is 42.3 Å². The third kappa shape index (κ3) is 4.51. The minimum Gasteiger partial charge on any atom is -0.457 e. The fourth-order valence-corrected chi connectivity index (χ4v) is 4.83. The molecule has 1 fully saturated rings. The Morgan fingerprint density at radius 3 is 2.47 bits per heavy atom. The van der Waals surface area contributed by atoms with E-state index in [2.05, 4.69) is 12.1 Å². The van der Waals surface area contributed by atoms with E-state index in [4.69, 9.17) is 28.9 Å². The number of nitrogens with zero attached hydrogens (tertiary/aromatic N) is 2. The van der Waals surface area contributed by atoms with E-state index in [0.717, 1.165) is 27.8 Å². The van der Waals surface area contributed by atoms with Crippen molar-refractivity contribution in [2.24, 2.45) is 0 Å². The Morgan fingerprint density at radius 1 is 1.03 bits per heavy atom. The molecule has 150 valence electrons. The van der Waals surface area contributed by atoms with Gasteiger partial charge in [0, 0.05) is 24.2 Å². The number of benzene rings is 2. The molecule has 8 heteroatoms. The summed E-state index contributed by atoms with van der Waals surface area (Å²) in [6.45, 7) is 0.734. The number of rotatable bonds is 6. The molecule has 0 aliphatic carbocycles. The van der Waals surface area contributed by atoms with Gasteiger partial charge in [-0.1, -0.05) is 66.5 Å². The van der Waals surface area contributed by atoms with E-state index in [1.54, 1.807) is 12.1 Å². The van der Waals surface area contributed by atoms with E-state index in [1.165, 1.54) is 29.5 Å². The second-order valence-electron chi connectivity index (χ2n) is 6.57. The van der Waals surface area contributed by atoms with Gasteiger partial charge in [-0.15, -0.1) is 0 Å². The molecule has 0 spiro atoms. The molecule has 1 aliphatic rings. The highest BCUT2D eigenvalue weighted by atomic mass is 32.2. The Kier molecular flexibility index (Phi) is 6.08. The van der Waals surface area contributed by atoms with E-state index in [1.807, 2.05) is 41.3 Å². The molecule has 0 amide bonds. The summed E-state index contributed by atoms with van der Waals surface area (Å²) in [6.07, 6.45) is 2.75. The Morgan fingerprint density at radius 2 is 1.77 bits per heavy atom. The summed E-state index contributed by atoms with van der Waals surface area (Å²) in [5.41, 5.74) is 2.06. The van der Waals surface area contributed by atoms with Crippen molar-refractivity contribution in [3.63, 3.8) is 0 Å². The Labute approximate surface area is 188 Å². The summed E-state index contributed by atoms with van der Waals surface area (Å²) in [5.74, 6) is 1.29. The van der Waals surface area contributed by atoms with Crippen LogP contribution in [0.15, 0.2) is 76.1 Å². The first-order valence-corrected chi connectivity index (χ1v) is 10.8. The molecular formula is C22H16N2O3S3. The number of hydrogen-bond donors (Lipinski definition) is 0. The number of thioether (sulfide) groups is 1. The van der Waals surface area contributed by atoms with E-state index in [0.29, 0.717) is 16.5 Å². The monoisotopic (exact) mass is 452 g/mol. The van der Waals surface area contributed by atoms with Crippen molar-refractivity contribution in [1.82, 2.24) is 4.90 Å². The summed E-state index contributed by atoms with van der Waals surface area (Å²) in [7, 11) is 0. The van der Waals surface area contributed by atoms with Crippen molar-refractivity contribution < 1.29 is 9.34 Å². The first-order chi connectivity index (χ1) is 14.5. The zero-order chi connectivity index (χ0) is 21.1. The average molecular weight is 453 g/mol. The Balaban J connectivity index is 1.46. The highest BCUT2D eigenvalue weighted by Gasteiger charge is 2.28. The summed E-state index contributed by atoms with van der Waals surface area (Å²) < 4.78 is 6.64. The molecule has 0 atom stereocenters. The van der Waals surface area contributed by atoms with Crippen molar-refractivity contribution in [1.29, 1.82) is 0 Å². The second-order valence-corrected chi connectivity index (χ2v) is 8.64. The Hall–Kier alpha value is -2.81. The van der Waals surface area contributed by atoms with Gasteiger partial charge in [-0.2, -0.15) is 0 Å². The molecule has 1 aliphatic heterocycles. The predicted molar refractivity (Wildman–Crippen MR) is 128 cm³/mol. The van der Waals surface area contributed by atoms with Crippen LogP contribution in [-0.4, -0.2) is 25.7 Å². The largest absolute Gasteiger partial charge is 0.457 e. The molecule has 0 bridgehead atoms. The number of nitro benzene ring substituents is 1. The van der Waals surface area contributed by atoms with E-state index in [9.17, 15) is 10.1 Å². The van der Waals surface area contributed by atoms with E-state index in [-0.39, 0.29) is 5.69 Å². The maximum Gasteiger partial charge on any atom is 0.269 e. The van der Waals surface area contributed by atoms with Gasteiger partial charge in [0.25, 0.3) is 5.69 Å². The fourth-order valence-electron chi connectivity index (χ4n) is 3.04. The quantitative estimate of drug-likeness (QED) is 0.194. The van der Waals surface area contributed by atoms with Crippen LogP contribution in [0.1, 0.15) is 11.3 Å². The second kappa shape index (κ2) is 8.91. The molecule has 0 unspecified atom stereocenters. The minimum absolute atomic E-state index is 0.0458. The molecule has 1 aromatic heterocycles. The fraction of sp³-hybridized carbons (Fsp3) is 0.0909. The topological polar surface area (TPSA) is 59.5 Å². The van der Waals surface area contributed by atoms with Gasteiger partial charge in [-0.25, -0.2) is 0 Å². The molecule has 2 aromatic carbocycles. The molecule has 1 saturated heterocycles. The van der Waals surface area contributed by atoms with Crippen molar-refractivity contribution in [2.75, 3.05) is 6.54 Å². The zero-order valence-electron chi connectivity index (χ0n) is 15.7. The van der Waals surface area contributed by atoms with Crippen molar-refractivity contribution in [2.45, 2.75) is 6.42 Å². The van der Waals surface area contributed by atoms with Crippen LogP contribution in [0.2, 0.25) is 0 Å². The Bertz CT molecular complexity index is 1140. The third-order valence-corrected chi connectivity index (χ3v) is 6.57. The lowest BCUT2D eigenvalue weighted by atomic mass is 10.1. The average Bonchev–Trinajstić information content (AvgIpc) is 3.32. The summed E-state index contributed by atoms with van der Waals surface area (Å²) >= 11 is 12.6. The lowest BCUT2D eigenvalue weighted by molar-refractivity contribution is -0.384. The van der Waals surface area contributed by atoms with Gasteiger partial charge >= 0.3 is 0 Å². The number of hydrogen-bond acceptors (Lipinski definition) is 6. The zero-order valence-corrected chi connectivity index (χ0v) is 18.1. The van der Waals surface area contributed by atoms with E-state index < -0.39 is 4.92 Å². The number of nitro groups is 1. The van der Waals surface area contributed by atoms with Gasteiger partial charge in [-0.3, -0.25) is 10.1 Å². The summed E-state index contributed by atoms with van der Waals surface area (Å²) in [6, 6.07) is 20.2. The van der Waals surface area contributed by atoms with Crippen LogP contribution in [0, 0.1) is 10.1 Å². The number of thiocarbonyl (C=S) groups is 2. The third-order valence-electron chi connectivity index (χ3n) is 4.60. The van der Waals surface area contributed by atoms with Crippen LogP contribution in [0.3, 0.4) is 0 Å². The SMILES string of the molecule is O=[N+]([O-])c1ccc(-c2ccc(/C=C3\SC(=S)N(CCc4ccccc4)C3=S)o2)cc1. The smallest absolute Gasteiger partial charge is 0.269 e. The molecule has 0 radical (unpaired) electrons. The lowest BCUT2D eigenvalue weighted by Crippen LogP contribution is -2.28. The normalized spacial score (nSPS) is 15.2. The molecule has 4 rings (SSSR count). The van der Waals surface area contributed by atoms with Crippen LogP contribution in [0.25, 0.3) is 17.4 Å². The molecule has 5 nitrogen and oxygen atoms in total. The molecule has 0 saturated carbocycles. The van der Waals surface area contributed by atoms with Gasteiger partial charge in [0.15, 0.2) is 0 Å². The van der Waals surface area contributed by atoms with Gasteiger partial charge in [0.1, 0.15) is 20.8 Å². The van der Waals surface area contributed by atoms with Crippen LogP contribution in [0.4, 0.5) is 5.69 Å². The van der Waals surface area contributed by atoms with Gasteiger partial charge < -0.3 is 9.32 Å². The van der Waals surface area contributed by atoms with Gasteiger partial charge in [0.2, 0.25) is 0 Å². The van der Waals surface area contributed by atoms with Crippen LogP contribution < -0.4 is 0 Å². The number of furan rings is 1. The molecule has 2 heterocycles. The first kappa shape index (κ1) is 20.5. The van der Waals surface area contributed by atoms with Crippen molar-refractivity contribution in [3.05, 3.63) is 93.1 Å². The molecule has 30 heavy (non-hydrogen) atoms. The summed E-state index contributed by atoms with van der Waals surface area (Å²) in [4.78, 5) is 13.9. The first-order valence-electron chi connectivity index (χ1n) is 9.15. The summed E-state index contributed by atoms with van der Waals surface area (Å²) in [5, 5.41) is 10.8. The number of non-ortho nitro benzene ring substituents is 1. The van der Waals surface area contributed by atoms with Crippen LogP contribution in [-0.2, 0) is 6.42 Å². The highest BCUT2D eigenvalue weighted by Crippen LogP contribution is 2.34. The van der Waals surface area contributed by atoms with Crippen molar-refractivity contribution in [3.8, 4) is 11.3 Å². The predicted octanol–water partition coefficient (Wildman–Crippen LogP) is 6.10. The van der Waals surface area contributed by atoms with E-state index >= 15 is 0 Å². The highest BCUT2D eigenvalue weighted by molar-refractivity contribution is 8.27. The standard InChI is InChI=1S/C22H16N2O3S3/c25-24(26)17-8-6-16(7-9-17)19-11-10-18(27-19)14-20-21(28)23(22(29)30-20)13-12-15-4-2-1-3-5-15/h1-11,14H,12-13H2/b20-14-.